The Kier molecular flexibility index (Phi) is 4.85. The van der Waals surface area contributed by atoms with Crippen LogP contribution in [0.1, 0.15) is 31.2 Å². The maximum atomic E-state index is 9.22. The van der Waals surface area contributed by atoms with Crippen LogP contribution in [0.25, 0.3) is 0 Å². The van der Waals surface area contributed by atoms with Crippen molar-refractivity contribution in [3.05, 3.63) is 11.4 Å². The Hall–Kier alpha value is -1.74. The van der Waals surface area contributed by atoms with Crippen LogP contribution in [0.5, 0.6) is 0 Å². The third-order valence-corrected chi connectivity index (χ3v) is 3.83. The number of hydrogen-bond donors (Lipinski definition) is 0. The summed E-state index contributed by atoms with van der Waals surface area (Å²) in [4.78, 5) is 8.90. The zero-order chi connectivity index (χ0) is 14.5. The molecule has 20 heavy (non-hydrogen) atoms. The molecule has 2 heterocycles. The average Bonchev–Trinajstić information content (AvgIpc) is 2.48. The molecule has 0 N–H and O–H groups in total. The molecule has 6 heteroatoms. The molecule has 1 saturated heterocycles. The van der Waals surface area contributed by atoms with Gasteiger partial charge in [-0.25, -0.2) is 4.98 Å². The van der Waals surface area contributed by atoms with E-state index in [1.807, 2.05) is 13.8 Å². The van der Waals surface area contributed by atoms with E-state index in [-0.39, 0.29) is 6.04 Å². The lowest BCUT2D eigenvalue weighted by Crippen LogP contribution is -2.50. The van der Waals surface area contributed by atoms with Crippen molar-refractivity contribution < 1.29 is 0 Å². The summed E-state index contributed by atoms with van der Waals surface area (Å²) in [7, 11) is 0. The molecule has 1 atom stereocenters. The minimum absolute atomic E-state index is 0.0425. The van der Waals surface area contributed by atoms with Crippen molar-refractivity contribution >= 4 is 5.95 Å². The van der Waals surface area contributed by atoms with Gasteiger partial charge in [0.2, 0.25) is 5.95 Å². The average molecular weight is 274 g/mol. The Bertz CT molecular complexity index is 487. The standard InChI is InChI=1S/C14H22N6/c1-4-5-13(10-15)19-6-8-20(9-7-19)14-16-11(2)12(3)17-18-14/h13H,4-9H2,1-3H3. The predicted molar refractivity (Wildman–Crippen MR) is 77.4 cm³/mol. The van der Waals surface area contributed by atoms with Gasteiger partial charge >= 0.3 is 0 Å². The first kappa shape index (κ1) is 14.7. The number of hydrogen-bond acceptors (Lipinski definition) is 6. The molecule has 0 bridgehead atoms. The molecular formula is C14H22N6. The zero-order valence-corrected chi connectivity index (χ0v) is 12.5. The first-order chi connectivity index (χ1) is 9.65. The zero-order valence-electron chi connectivity index (χ0n) is 12.5. The van der Waals surface area contributed by atoms with E-state index in [1.54, 1.807) is 0 Å². The second kappa shape index (κ2) is 6.62. The van der Waals surface area contributed by atoms with Gasteiger partial charge in [-0.3, -0.25) is 4.90 Å². The van der Waals surface area contributed by atoms with Crippen molar-refractivity contribution in [1.82, 2.24) is 20.1 Å². The molecule has 1 aromatic rings. The number of aromatic nitrogens is 3. The fourth-order valence-corrected chi connectivity index (χ4v) is 2.42. The monoisotopic (exact) mass is 274 g/mol. The Morgan fingerprint density at radius 1 is 1.15 bits per heavy atom. The SMILES string of the molecule is CCCC(C#N)N1CCN(c2nnc(C)c(C)n2)CC1. The molecule has 6 nitrogen and oxygen atoms in total. The fourth-order valence-electron chi connectivity index (χ4n) is 2.42. The summed E-state index contributed by atoms with van der Waals surface area (Å²) >= 11 is 0. The minimum atomic E-state index is 0.0425. The third-order valence-electron chi connectivity index (χ3n) is 3.83. The molecule has 1 aliphatic heterocycles. The van der Waals surface area contributed by atoms with Crippen LogP contribution in [0.3, 0.4) is 0 Å². The van der Waals surface area contributed by atoms with Gasteiger partial charge in [-0.2, -0.15) is 10.4 Å². The normalized spacial score (nSPS) is 17.8. The van der Waals surface area contributed by atoms with Crippen LogP contribution in [0.2, 0.25) is 0 Å². The van der Waals surface area contributed by atoms with Crippen LogP contribution in [0, 0.1) is 25.2 Å². The Morgan fingerprint density at radius 2 is 1.85 bits per heavy atom. The van der Waals surface area contributed by atoms with Crippen molar-refractivity contribution in [2.24, 2.45) is 0 Å². The molecule has 1 aromatic heterocycles. The van der Waals surface area contributed by atoms with E-state index in [0.717, 1.165) is 50.4 Å². The summed E-state index contributed by atoms with van der Waals surface area (Å²) < 4.78 is 0. The van der Waals surface area contributed by atoms with Gasteiger partial charge in [-0.05, 0) is 20.3 Å². The summed E-state index contributed by atoms with van der Waals surface area (Å²) in [5, 5.41) is 17.5. The maximum Gasteiger partial charge on any atom is 0.245 e. The van der Waals surface area contributed by atoms with Gasteiger partial charge in [-0.1, -0.05) is 13.3 Å². The fraction of sp³-hybridized carbons (Fsp3) is 0.714. The number of nitrogens with zero attached hydrogens (tertiary/aromatic N) is 6. The van der Waals surface area contributed by atoms with Gasteiger partial charge < -0.3 is 4.90 Å². The molecule has 108 valence electrons. The molecule has 0 radical (unpaired) electrons. The van der Waals surface area contributed by atoms with Crippen LogP contribution in [0.4, 0.5) is 5.95 Å². The van der Waals surface area contributed by atoms with Crippen LogP contribution in [0.15, 0.2) is 0 Å². The van der Waals surface area contributed by atoms with Crippen molar-refractivity contribution in [3.8, 4) is 6.07 Å². The topological polar surface area (TPSA) is 68.9 Å². The summed E-state index contributed by atoms with van der Waals surface area (Å²) in [5.74, 6) is 0.705. The Balaban J connectivity index is 1.97. The van der Waals surface area contributed by atoms with Crippen LogP contribution < -0.4 is 4.90 Å². The highest BCUT2D eigenvalue weighted by molar-refractivity contribution is 5.30. The van der Waals surface area contributed by atoms with Crippen molar-refractivity contribution in [2.45, 2.75) is 39.7 Å². The molecule has 1 aliphatic rings. The van der Waals surface area contributed by atoms with E-state index in [4.69, 9.17) is 0 Å². The van der Waals surface area contributed by atoms with Crippen LogP contribution in [-0.2, 0) is 0 Å². The summed E-state index contributed by atoms with van der Waals surface area (Å²) in [6, 6.07) is 2.45. The molecular weight excluding hydrogens is 252 g/mol. The second-order valence-electron chi connectivity index (χ2n) is 5.24. The van der Waals surface area contributed by atoms with E-state index in [2.05, 4.69) is 38.0 Å². The molecule has 1 fully saturated rings. The number of aryl methyl sites for hydroxylation is 2. The minimum Gasteiger partial charge on any atom is -0.337 e. The number of nitriles is 1. The van der Waals surface area contributed by atoms with Gasteiger partial charge in [0.15, 0.2) is 0 Å². The first-order valence-corrected chi connectivity index (χ1v) is 7.22. The van der Waals surface area contributed by atoms with E-state index in [9.17, 15) is 5.26 Å². The third kappa shape index (κ3) is 3.23. The lowest BCUT2D eigenvalue weighted by atomic mass is 10.1. The summed E-state index contributed by atoms with van der Waals surface area (Å²) in [5.41, 5.74) is 1.80. The highest BCUT2D eigenvalue weighted by Crippen LogP contribution is 2.14. The van der Waals surface area contributed by atoms with E-state index in [1.165, 1.54) is 0 Å². The van der Waals surface area contributed by atoms with Gasteiger partial charge in [0.25, 0.3) is 0 Å². The Labute approximate surface area is 120 Å². The molecule has 0 aliphatic carbocycles. The van der Waals surface area contributed by atoms with Gasteiger partial charge in [0.1, 0.15) is 0 Å². The highest BCUT2D eigenvalue weighted by atomic mass is 15.4. The second-order valence-corrected chi connectivity index (χ2v) is 5.24. The largest absolute Gasteiger partial charge is 0.337 e. The first-order valence-electron chi connectivity index (χ1n) is 7.22. The van der Waals surface area contributed by atoms with Crippen molar-refractivity contribution in [1.29, 1.82) is 5.26 Å². The van der Waals surface area contributed by atoms with Crippen LogP contribution in [-0.4, -0.2) is 52.3 Å². The lowest BCUT2D eigenvalue weighted by molar-refractivity contribution is 0.210. The number of anilines is 1. The maximum absolute atomic E-state index is 9.22. The molecule has 0 saturated carbocycles. The van der Waals surface area contributed by atoms with Crippen LogP contribution >= 0.6 is 0 Å². The number of rotatable bonds is 4. The molecule has 2 rings (SSSR count). The van der Waals surface area contributed by atoms with Crippen molar-refractivity contribution in [2.75, 3.05) is 31.1 Å². The highest BCUT2D eigenvalue weighted by Gasteiger charge is 2.24. The van der Waals surface area contributed by atoms with Crippen molar-refractivity contribution in [3.63, 3.8) is 0 Å². The predicted octanol–water partition coefficient (Wildman–Crippen LogP) is 1.30. The Morgan fingerprint density at radius 3 is 2.40 bits per heavy atom. The van der Waals surface area contributed by atoms with Gasteiger partial charge in [0.05, 0.1) is 23.5 Å². The van der Waals surface area contributed by atoms with Gasteiger partial charge in [-0.15, -0.1) is 5.10 Å². The molecule has 0 aromatic carbocycles. The molecule has 0 amide bonds. The summed E-state index contributed by atoms with van der Waals surface area (Å²) in [6.45, 7) is 9.46. The van der Waals surface area contributed by atoms with E-state index < -0.39 is 0 Å². The smallest absolute Gasteiger partial charge is 0.245 e. The lowest BCUT2D eigenvalue weighted by Gasteiger charge is -2.36. The van der Waals surface area contributed by atoms with Gasteiger partial charge in [0, 0.05) is 26.2 Å². The quantitative estimate of drug-likeness (QED) is 0.824. The number of piperazine rings is 1. The molecule has 0 spiro atoms. The van der Waals surface area contributed by atoms with E-state index in [0.29, 0.717) is 5.95 Å². The molecule has 1 unspecified atom stereocenters. The van der Waals surface area contributed by atoms with E-state index >= 15 is 0 Å². The summed E-state index contributed by atoms with van der Waals surface area (Å²) in [6.07, 6.45) is 1.99.